The molecule has 49 heavy (non-hydrogen) atoms. The maximum absolute atomic E-state index is 4.67. The molecular formula is C46H83I2Li-2. The van der Waals surface area contributed by atoms with Crippen LogP contribution in [0.2, 0.25) is 0 Å². The molecule has 3 heterocycles. The largest absolute Gasteiger partial charge is 1.00 e. The van der Waals surface area contributed by atoms with E-state index in [1.54, 1.807) is 56.9 Å². The average Bonchev–Trinajstić information content (AvgIpc) is 3.58. The Balaban J connectivity index is 0.00000833. The van der Waals surface area contributed by atoms with Crippen molar-refractivity contribution in [2.45, 2.75) is 225 Å². The Labute approximate surface area is 335 Å². The molecule has 0 N–H and O–H groups in total. The summed E-state index contributed by atoms with van der Waals surface area (Å²) < 4.78 is 8.02. The van der Waals surface area contributed by atoms with Crippen molar-refractivity contribution < 1.29 is 58.5 Å². The zero-order chi connectivity index (χ0) is 34.7. The summed E-state index contributed by atoms with van der Waals surface area (Å²) in [5, 5.41) is 0. The van der Waals surface area contributed by atoms with Crippen LogP contribution in [0.4, 0.5) is 0 Å². The monoisotopic (exact) mass is 896 g/mol. The molecule has 0 aromatic carbocycles. The molecule has 3 aliphatic rings. The van der Waals surface area contributed by atoms with E-state index in [1.165, 1.54) is 167 Å². The smallest absolute Gasteiger partial charge is 1.00 e. The van der Waals surface area contributed by atoms with Gasteiger partial charge in [-0.3, -0.25) is 0 Å². The van der Waals surface area contributed by atoms with E-state index in [1.807, 2.05) is 0 Å². The van der Waals surface area contributed by atoms with E-state index in [0.717, 1.165) is 5.92 Å². The van der Waals surface area contributed by atoms with Crippen LogP contribution in [0.5, 0.6) is 0 Å². The Morgan fingerprint density at radius 3 is 1.53 bits per heavy atom. The van der Waals surface area contributed by atoms with Crippen LogP contribution >= 0.6 is 0 Å². The zero-order valence-electron chi connectivity index (χ0n) is 34.0. The Morgan fingerprint density at radius 2 is 1.08 bits per heavy atom. The number of halogens is 2. The van der Waals surface area contributed by atoms with Gasteiger partial charge in [0.05, 0.1) is 0 Å². The van der Waals surface area contributed by atoms with Gasteiger partial charge in [0.25, 0.3) is 0 Å². The van der Waals surface area contributed by atoms with E-state index in [9.17, 15) is 0 Å². The normalized spacial score (nSPS) is 21.9. The minimum atomic E-state index is -1.35. The molecule has 0 amide bonds. The van der Waals surface area contributed by atoms with Crippen molar-refractivity contribution >= 4 is 0 Å². The van der Waals surface area contributed by atoms with Crippen LogP contribution in [0.3, 0.4) is 0 Å². The molecule has 1 spiro atoms. The number of hydrogen-bond donors (Lipinski definition) is 0. The maximum atomic E-state index is 4.67. The van der Waals surface area contributed by atoms with Crippen LogP contribution < -0.4 is 58.5 Å². The van der Waals surface area contributed by atoms with Gasteiger partial charge in [-0.1, -0.05) is 32.1 Å². The fourth-order valence-electron chi connectivity index (χ4n) is 9.41. The topological polar surface area (TPSA) is 0 Å². The van der Waals surface area contributed by atoms with Crippen molar-refractivity contribution in [3.8, 4) is 0 Å². The Hall–Kier alpha value is 1.15. The van der Waals surface area contributed by atoms with Crippen molar-refractivity contribution in [3.63, 3.8) is 0 Å². The number of hydrogen-bond acceptors (Lipinski definition) is 0. The van der Waals surface area contributed by atoms with Gasteiger partial charge in [0.15, 0.2) is 0 Å². The molecule has 3 fully saturated rings. The molecule has 3 heteroatoms. The van der Waals surface area contributed by atoms with Crippen LogP contribution in [0.1, 0.15) is 214 Å². The summed E-state index contributed by atoms with van der Waals surface area (Å²) >= 11 is -1.19. The predicted molar refractivity (Wildman–Crippen MR) is 211 cm³/mol. The minimum Gasteiger partial charge on any atom is 1.00 e. The molecule has 0 radical (unpaired) electrons. The van der Waals surface area contributed by atoms with Gasteiger partial charge in [0.1, 0.15) is 0 Å². The molecule has 2 bridgehead atoms. The van der Waals surface area contributed by atoms with Gasteiger partial charge in [-0.05, 0) is 0 Å². The first-order valence-corrected chi connectivity index (χ1v) is 29.0. The summed E-state index contributed by atoms with van der Waals surface area (Å²) in [6.45, 7) is 23.0. The first kappa shape index (κ1) is 46.3. The van der Waals surface area contributed by atoms with Crippen LogP contribution in [0.15, 0.2) is 34.5 Å². The fourth-order valence-corrected chi connectivity index (χ4v) is 28.4. The Morgan fingerprint density at radius 1 is 0.653 bits per heavy atom. The molecule has 0 aromatic rings. The van der Waals surface area contributed by atoms with Gasteiger partial charge < -0.3 is 0 Å². The third kappa shape index (κ3) is 18.4. The average molecular weight is 897 g/mol. The molecule has 0 saturated carbocycles. The van der Waals surface area contributed by atoms with Gasteiger partial charge >= 0.3 is 307 Å². The molecule has 3 saturated heterocycles. The summed E-state index contributed by atoms with van der Waals surface area (Å²) in [7, 11) is 0. The summed E-state index contributed by atoms with van der Waals surface area (Å²) in [5.74, 6) is 2.66. The molecule has 0 nitrogen and oxygen atoms in total. The molecule has 3 aliphatic heterocycles. The van der Waals surface area contributed by atoms with E-state index in [4.69, 9.17) is 0 Å². The summed E-state index contributed by atoms with van der Waals surface area (Å²) in [6.07, 6.45) is 41.5. The van der Waals surface area contributed by atoms with Gasteiger partial charge in [0.2, 0.25) is 0 Å². The summed E-state index contributed by atoms with van der Waals surface area (Å²) in [4.78, 5) is 0. The van der Waals surface area contributed by atoms with E-state index >= 15 is 0 Å². The molecule has 2 unspecified atom stereocenters. The quantitative estimate of drug-likeness (QED) is 0.0227. The first-order valence-electron chi connectivity index (χ1n) is 21.3. The third-order valence-corrected chi connectivity index (χ3v) is 29.8. The fraction of sp³-hybridized carbons (Fsp3) is 0.848. The van der Waals surface area contributed by atoms with Crippen molar-refractivity contribution in [2.24, 2.45) is 5.92 Å². The van der Waals surface area contributed by atoms with Gasteiger partial charge in [-0.15, -0.1) is 0 Å². The second-order valence-corrected chi connectivity index (χ2v) is 33.6. The minimum absolute atomic E-state index is 0. The zero-order valence-corrected chi connectivity index (χ0v) is 38.3. The Bertz CT molecular complexity index is 893. The first-order chi connectivity index (χ1) is 23.1. The van der Waals surface area contributed by atoms with Crippen LogP contribution in [-0.4, -0.2) is 20.1 Å². The molecule has 0 aliphatic carbocycles. The van der Waals surface area contributed by atoms with Crippen LogP contribution in [0, 0.1) is 11.8 Å². The Kier molecular flexibility index (Phi) is 24.6. The second-order valence-electron chi connectivity index (χ2n) is 17.3. The van der Waals surface area contributed by atoms with Crippen molar-refractivity contribution in [1.29, 1.82) is 0 Å². The SMILES string of the molecule is C=C(CCCCCCCCCCCCCCCCCCC(=C)[I-]C(C)(C)C)CCC[C-](CC)C(=C)CC1CC2CCC(C1)[I-]21CCCC1.[Li+]. The number of unbranched alkanes of at least 4 members (excludes halogenated alkanes) is 15. The number of rotatable bonds is 28. The van der Waals surface area contributed by atoms with Gasteiger partial charge in [-0.2, -0.15) is 0 Å². The van der Waals surface area contributed by atoms with Crippen LogP contribution in [0.25, 0.3) is 0 Å². The van der Waals surface area contributed by atoms with Crippen molar-refractivity contribution in [2.75, 3.05) is 8.86 Å². The number of alkyl halides is 5. The molecule has 284 valence electrons. The third-order valence-electron chi connectivity index (χ3n) is 12.0. The van der Waals surface area contributed by atoms with E-state index in [0.29, 0.717) is 3.42 Å². The van der Waals surface area contributed by atoms with Crippen LogP contribution in [-0.2, 0) is 0 Å². The van der Waals surface area contributed by atoms with E-state index in [2.05, 4.69) is 47.4 Å². The summed E-state index contributed by atoms with van der Waals surface area (Å²) in [5.41, 5.74) is 3.04. The molecule has 3 rings (SSSR count). The molecule has 2 atom stereocenters. The predicted octanol–water partition coefficient (Wildman–Crippen LogP) is 5.97. The van der Waals surface area contributed by atoms with E-state index in [-0.39, 0.29) is 40.1 Å². The van der Waals surface area contributed by atoms with Crippen molar-refractivity contribution in [1.82, 2.24) is 0 Å². The number of allylic oxidation sites excluding steroid dienone is 3. The van der Waals surface area contributed by atoms with Crippen molar-refractivity contribution in [3.05, 3.63) is 40.4 Å². The summed E-state index contributed by atoms with van der Waals surface area (Å²) in [6, 6.07) is 0. The van der Waals surface area contributed by atoms with Gasteiger partial charge in [0, 0.05) is 0 Å². The second kappa shape index (κ2) is 26.0. The maximum Gasteiger partial charge on any atom is 1.00 e. The molecule has 0 aromatic heterocycles. The standard InChI is InChI=1S/C46H83I2.Li/c1-8-43(40(3)36-42-37-44-32-33-45(38-42)48(44)34-25-26-35-48)31-27-29-39(2)28-23-21-19-17-15-13-11-9-10-12-14-16-18-20-22-24-30-41(4)47-46(5,6)7;/h42,44-45H,2-4,8-38H2,1,5-7H3;/q-3;+1. The van der Waals surface area contributed by atoms with Gasteiger partial charge in [-0.25, -0.2) is 0 Å². The molecular weight excluding hydrogens is 813 g/mol. The van der Waals surface area contributed by atoms with E-state index < -0.39 is 18.4 Å².